The van der Waals surface area contributed by atoms with Crippen molar-refractivity contribution in [3.05, 3.63) is 0 Å². The molecular formula is C11H19N. The normalized spacial score (nSPS) is 41.2. The molecular weight excluding hydrogens is 146 g/mol. The lowest BCUT2D eigenvalue weighted by molar-refractivity contribution is 0.208. The molecule has 0 radical (unpaired) electrons. The lowest BCUT2D eigenvalue weighted by Gasteiger charge is -2.33. The highest BCUT2D eigenvalue weighted by Crippen LogP contribution is 2.61. The van der Waals surface area contributed by atoms with Crippen LogP contribution in [-0.4, -0.2) is 5.54 Å². The maximum atomic E-state index is 6.27. The van der Waals surface area contributed by atoms with Crippen LogP contribution in [0.3, 0.4) is 0 Å². The van der Waals surface area contributed by atoms with Crippen molar-refractivity contribution in [2.24, 2.45) is 17.1 Å². The molecule has 1 unspecified atom stereocenters. The Labute approximate surface area is 74.7 Å². The van der Waals surface area contributed by atoms with E-state index in [1.54, 1.807) is 0 Å². The van der Waals surface area contributed by atoms with Crippen molar-refractivity contribution < 1.29 is 0 Å². The number of hydrogen-bond donors (Lipinski definition) is 1. The molecule has 3 rings (SSSR count). The van der Waals surface area contributed by atoms with Gasteiger partial charge in [-0.15, -0.1) is 0 Å². The first kappa shape index (κ1) is 7.37. The average Bonchev–Trinajstić information content (AvgIpc) is 2.95. The Morgan fingerprint density at radius 3 is 2.33 bits per heavy atom. The minimum absolute atomic E-state index is 0.315. The van der Waals surface area contributed by atoms with Gasteiger partial charge in [0.05, 0.1) is 0 Å². The van der Waals surface area contributed by atoms with Crippen molar-refractivity contribution in [1.29, 1.82) is 0 Å². The van der Waals surface area contributed by atoms with Gasteiger partial charge in [0.15, 0.2) is 0 Å². The molecule has 1 heteroatoms. The van der Waals surface area contributed by atoms with Crippen LogP contribution < -0.4 is 5.73 Å². The molecule has 2 N–H and O–H groups in total. The van der Waals surface area contributed by atoms with Crippen LogP contribution >= 0.6 is 0 Å². The predicted octanol–water partition coefficient (Wildman–Crippen LogP) is 2.45. The fourth-order valence-corrected chi connectivity index (χ4v) is 3.12. The molecule has 0 saturated heterocycles. The van der Waals surface area contributed by atoms with E-state index in [9.17, 15) is 0 Å². The summed E-state index contributed by atoms with van der Waals surface area (Å²) < 4.78 is 0. The Kier molecular flexibility index (Phi) is 1.27. The summed E-state index contributed by atoms with van der Waals surface area (Å²) >= 11 is 0. The van der Waals surface area contributed by atoms with Gasteiger partial charge < -0.3 is 5.73 Å². The molecule has 0 bridgehead atoms. The van der Waals surface area contributed by atoms with Crippen LogP contribution in [-0.2, 0) is 0 Å². The van der Waals surface area contributed by atoms with E-state index >= 15 is 0 Å². The van der Waals surface area contributed by atoms with Gasteiger partial charge >= 0.3 is 0 Å². The SMILES string of the molecule is NC1(C2CCCC3(CC3)C2)CC1. The number of rotatable bonds is 1. The standard InChI is InChI=1S/C11H19N/c12-11(6-7-11)9-2-1-3-10(8-9)4-5-10/h9H,1-8,12H2. The van der Waals surface area contributed by atoms with Crippen LogP contribution in [0.5, 0.6) is 0 Å². The molecule has 3 aliphatic carbocycles. The molecule has 68 valence electrons. The number of nitrogens with two attached hydrogens (primary N) is 1. The van der Waals surface area contributed by atoms with Gasteiger partial charge in [-0.1, -0.05) is 6.42 Å². The van der Waals surface area contributed by atoms with Gasteiger partial charge in [0.1, 0.15) is 0 Å². The summed E-state index contributed by atoms with van der Waals surface area (Å²) in [4.78, 5) is 0. The van der Waals surface area contributed by atoms with Gasteiger partial charge in [-0.05, 0) is 56.3 Å². The summed E-state index contributed by atoms with van der Waals surface area (Å²) in [6, 6.07) is 0. The van der Waals surface area contributed by atoms with E-state index in [2.05, 4.69) is 0 Å². The molecule has 3 saturated carbocycles. The fourth-order valence-electron chi connectivity index (χ4n) is 3.12. The van der Waals surface area contributed by atoms with Crippen LogP contribution in [0.15, 0.2) is 0 Å². The predicted molar refractivity (Wildman–Crippen MR) is 49.8 cm³/mol. The van der Waals surface area contributed by atoms with Crippen LogP contribution in [0.1, 0.15) is 51.4 Å². The third-order valence-corrected chi connectivity index (χ3v) is 4.54. The van der Waals surface area contributed by atoms with E-state index in [1.165, 1.54) is 51.4 Å². The molecule has 0 amide bonds. The zero-order chi connectivity index (χ0) is 8.23. The molecule has 0 aliphatic heterocycles. The van der Waals surface area contributed by atoms with E-state index in [1.807, 2.05) is 0 Å². The highest BCUT2D eigenvalue weighted by Gasteiger charge is 2.53. The zero-order valence-corrected chi connectivity index (χ0v) is 7.81. The Morgan fingerprint density at radius 2 is 1.75 bits per heavy atom. The average molecular weight is 165 g/mol. The van der Waals surface area contributed by atoms with Crippen molar-refractivity contribution in [1.82, 2.24) is 0 Å². The Hall–Kier alpha value is -0.0400. The van der Waals surface area contributed by atoms with E-state index in [0.29, 0.717) is 5.54 Å². The monoisotopic (exact) mass is 165 g/mol. The second kappa shape index (κ2) is 2.06. The summed E-state index contributed by atoms with van der Waals surface area (Å²) in [5, 5.41) is 0. The van der Waals surface area contributed by atoms with Crippen LogP contribution in [0.25, 0.3) is 0 Å². The minimum Gasteiger partial charge on any atom is -0.325 e. The topological polar surface area (TPSA) is 26.0 Å². The highest BCUT2D eigenvalue weighted by molar-refractivity contribution is 5.09. The Balaban J connectivity index is 1.71. The van der Waals surface area contributed by atoms with Crippen molar-refractivity contribution in [2.75, 3.05) is 0 Å². The smallest absolute Gasteiger partial charge is 0.0184 e. The van der Waals surface area contributed by atoms with Crippen LogP contribution in [0.4, 0.5) is 0 Å². The first-order chi connectivity index (χ1) is 5.73. The minimum atomic E-state index is 0.315. The lowest BCUT2D eigenvalue weighted by Crippen LogP contribution is -2.36. The summed E-state index contributed by atoms with van der Waals surface area (Å²) in [5.74, 6) is 0.897. The van der Waals surface area contributed by atoms with Crippen LogP contribution in [0.2, 0.25) is 0 Å². The van der Waals surface area contributed by atoms with Crippen molar-refractivity contribution in [3.8, 4) is 0 Å². The first-order valence-electron chi connectivity index (χ1n) is 5.52. The Bertz CT molecular complexity index is 195. The zero-order valence-electron chi connectivity index (χ0n) is 7.81. The van der Waals surface area contributed by atoms with Crippen molar-refractivity contribution >= 4 is 0 Å². The van der Waals surface area contributed by atoms with Gasteiger partial charge in [0, 0.05) is 5.54 Å². The molecule has 1 nitrogen and oxygen atoms in total. The van der Waals surface area contributed by atoms with E-state index in [4.69, 9.17) is 5.73 Å². The largest absolute Gasteiger partial charge is 0.325 e. The van der Waals surface area contributed by atoms with Gasteiger partial charge in [-0.25, -0.2) is 0 Å². The number of hydrogen-bond acceptors (Lipinski definition) is 1. The maximum Gasteiger partial charge on any atom is 0.0184 e. The Morgan fingerprint density at radius 1 is 1.00 bits per heavy atom. The summed E-state index contributed by atoms with van der Waals surface area (Å²) in [6.45, 7) is 0. The molecule has 0 aromatic carbocycles. The quantitative estimate of drug-likeness (QED) is 0.634. The van der Waals surface area contributed by atoms with E-state index < -0.39 is 0 Å². The van der Waals surface area contributed by atoms with Gasteiger partial charge in [-0.2, -0.15) is 0 Å². The molecule has 12 heavy (non-hydrogen) atoms. The van der Waals surface area contributed by atoms with Crippen LogP contribution in [0, 0.1) is 11.3 Å². The first-order valence-corrected chi connectivity index (χ1v) is 5.52. The molecule has 0 aromatic heterocycles. The van der Waals surface area contributed by atoms with Gasteiger partial charge in [0.25, 0.3) is 0 Å². The molecule has 3 aliphatic rings. The third-order valence-electron chi connectivity index (χ3n) is 4.54. The second-order valence-electron chi connectivity index (χ2n) is 5.53. The second-order valence-corrected chi connectivity index (χ2v) is 5.53. The molecule has 3 fully saturated rings. The summed E-state index contributed by atoms with van der Waals surface area (Å²) in [6.07, 6.45) is 11.5. The highest BCUT2D eigenvalue weighted by atomic mass is 14.8. The van der Waals surface area contributed by atoms with E-state index in [-0.39, 0.29) is 0 Å². The van der Waals surface area contributed by atoms with Gasteiger partial charge in [0.2, 0.25) is 0 Å². The third kappa shape index (κ3) is 1.02. The molecule has 0 heterocycles. The maximum absolute atomic E-state index is 6.27. The summed E-state index contributed by atoms with van der Waals surface area (Å²) in [7, 11) is 0. The molecule has 1 atom stereocenters. The fraction of sp³-hybridized carbons (Fsp3) is 1.00. The lowest BCUT2D eigenvalue weighted by atomic mass is 9.75. The van der Waals surface area contributed by atoms with Gasteiger partial charge in [-0.3, -0.25) is 0 Å². The molecule has 1 spiro atoms. The van der Waals surface area contributed by atoms with Crippen molar-refractivity contribution in [3.63, 3.8) is 0 Å². The van der Waals surface area contributed by atoms with E-state index in [0.717, 1.165) is 11.3 Å². The van der Waals surface area contributed by atoms with Crippen molar-refractivity contribution in [2.45, 2.75) is 56.9 Å². The molecule has 0 aromatic rings. The summed E-state index contributed by atoms with van der Waals surface area (Å²) in [5.41, 5.74) is 7.40.